The van der Waals surface area contributed by atoms with Crippen LogP contribution in [0, 0.1) is 13.8 Å². The van der Waals surface area contributed by atoms with E-state index in [9.17, 15) is 4.79 Å². The molecule has 1 aromatic carbocycles. The summed E-state index contributed by atoms with van der Waals surface area (Å²) >= 11 is 0. The van der Waals surface area contributed by atoms with E-state index in [-0.39, 0.29) is 18.6 Å². The molecular formula is C18H22N2O2. The summed E-state index contributed by atoms with van der Waals surface area (Å²) in [5, 5.41) is 11.6. The normalized spacial score (nSPS) is 12.5. The lowest BCUT2D eigenvalue weighted by Crippen LogP contribution is -2.33. The minimum Gasteiger partial charge on any atom is -0.394 e. The Labute approximate surface area is 131 Å². The molecule has 2 N–H and O–H groups in total. The van der Waals surface area contributed by atoms with Gasteiger partial charge in [-0.15, -0.1) is 0 Å². The Bertz CT molecular complexity index is 672. The molecule has 1 aromatic heterocycles. The van der Waals surface area contributed by atoms with Gasteiger partial charge in [-0.25, -0.2) is 0 Å². The summed E-state index contributed by atoms with van der Waals surface area (Å²) in [6.45, 7) is 5.77. The van der Waals surface area contributed by atoms with E-state index in [1.54, 1.807) is 13.0 Å². The number of amides is 1. The first-order valence-electron chi connectivity index (χ1n) is 7.36. The Morgan fingerprint density at radius 2 is 2.00 bits per heavy atom. The first kappa shape index (κ1) is 16.0. The van der Waals surface area contributed by atoms with Crippen LogP contribution in [0.2, 0.25) is 0 Å². The molecule has 4 heteroatoms. The van der Waals surface area contributed by atoms with E-state index in [0.29, 0.717) is 0 Å². The van der Waals surface area contributed by atoms with Crippen LogP contribution in [0.4, 0.5) is 0 Å². The van der Waals surface area contributed by atoms with Gasteiger partial charge in [0.05, 0.1) is 6.61 Å². The van der Waals surface area contributed by atoms with Crippen LogP contribution in [0.5, 0.6) is 0 Å². The number of aromatic nitrogens is 1. The number of para-hydroxylation sites is 1. The van der Waals surface area contributed by atoms with Gasteiger partial charge in [0.25, 0.3) is 0 Å². The number of nitrogens with zero attached hydrogens (tertiary/aromatic N) is 1. The molecule has 0 bridgehead atoms. The van der Waals surface area contributed by atoms with Crippen molar-refractivity contribution in [2.45, 2.75) is 26.8 Å². The highest BCUT2D eigenvalue weighted by Crippen LogP contribution is 2.21. The zero-order chi connectivity index (χ0) is 16.1. The van der Waals surface area contributed by atoms with Crippen LogP contribution in [0.25, 0.3) is 11.8 Å². The van der Waals surface area contributed by atoms with E-state index in [1.165, 1.54) is 6.08 Å². The van der Waals surface area contributed by atoms with E-state index in [4.69, 9.17) is 5.11 Å². The lowest BCUT2D eigenvalue weighted by Gasteiger charge is -2.09. The number of carbonyl (C=O) groups is 1. The van der Waals surface area contributed by atoms with Crippen molar-refractivity contribution in [3.8, 4) is 5.69 Å². The van der Waals surface area contributed by atoms with Crippen LogP contribution in [0.1, 0.15) is 23.9 Å². The quantitative estimate of drug-likeness (QED) is 0.834. The average molecular weight is 298 g/mol. The van der Waals surface area contributed by atoms with Gasteiger partial charge in [0, 0.05) is 29.2 Å². The van der Waals surface area contributed by atoms with Crippen LogP contribution >= 0.6 is 0 Å². The maximum absolute atomic E-state index is 11.7. The topological polar surface area (TPSA) is 54.3 Å². The van der Waals surface area contributed by atoms with Crippen molar-refractivity contribution in [1.29, 1.82) is 0 Å². The van der Waals surface area contributed by atoms with Crippen molar-refractivity contribution in [3.05, 3.63) is 59.4 Å². The number of nitrogens with one attached hydrogen (secondary N) is 1. The van der Waals surface area contributed by atoms with Crippen molar-refractivity contribution in [2.75, 3.05) is 6.61 Å². The van der Waals surface area contributed by atoms with E-state index in [2.05, 4.69) is 28.1 Å². The van der Waals surface area contributed by atoms with Gasteiger partial charge in [0.1, 0.15) is 0 Å². The largest absolute Gasteiger partial charge is 0.394 e. The molecule has 0 saturated carbocycles. The summed E-state index contributed by atoms with van der Waals surface area (Å²) in [5.74, 6) is -0.203. The van der Waals surface area contributed by atoms with Crippen molar-refractivity contribution in [1.82, 2.24) is 9.88 Å². The SMILES string of the molecule is Cc1cc(/C=C/C(=O)NC(C)CO)c(C)n1-c1ccccc1. The lowest BCUT2D eigenvalue weighted by atomic mass is 10.2. The third kappa shape index (κ3) is 3.65. The molecule has 0 fully saturated rings. The number of hydrogen-bond donors (Lipinski definition) is 2. The van der Waals surface area contributed by atoms with E-state index >= 15 is 0 Å². The molecule has 0 aliphatic heterocycles. The smallest absolute Gasteiger partial charge is 0.244 e. The Morgan fingerprint density at radius 1 is 1.32 bits per heavy atom. The average Bonchev–Trinajstić information content (AvgIpc) is 2.80. The zero-order valence-corrected chi connectivity index (χ0v) is 13.2. The second-order valence-electron chi connectivity index (χ2n) is 5.42. The van der Waals surface area contributed by atoms with Gasteiger partial charge in [-0.3, -0.25) is 4.79 Å². The Balaban J connectivity index is 2.22. The second kappa shape index (κ2) is 7.09. The Morgan fingerprint density at radius 3 is 2.64 bits per heavy atom. The fourth-order valence-electron chi connectivity index (χ4n) is 2.43. The van der Waals surface area contributed by atoms with E-state index < -0.39 is 0 Å². The number of aliphatic hydroxyl groups is 1. The molecule has 0 spiro atoms. The summed E-state index contributed by atoms with van der Waals surface area (Å²) in [6.07, 6.45) is 3.31. The molecule has 1 atom stereocenters. The summed E-state index contributed by atoms with van der Waals surface area (Å²) in [4.78, 5) is 11.7. The maximum Gasteiger partial charge on any atom is 0.244 e. The van der Waals surface area contributed by atoms with Crippen molar-refractivity contribution in [3.63, 3.8) is 0 Å². The van der Waals surface area contributed by atoms with E-state index in [1.807, 2.05) is 32.0 Å². The van der Waals surface area contributed by atoms with E-state index in [0.717, 1.165) is 22.6 Å². The fraction of sp³-hybridized carbons (Fsp3) is 0.278. The van der Waals surface area contributed by atoms with Crippen LogP contribution < -0.4 is 5.32 Å². The number of aryl methyl sites for hydroxylation is 1. The fourth-order valence-corrected chi connectivity index (χ4v) is 2.43. The molecule has 4 nitrogen and oxygen atoms in total. The van der Waals surface area contributed by atoms with Crippen LogP contribution in [0.3, 0.4) is 0 Å². The van der Waals surface area contributed by atoms with Crippen LogP contribution in [-0.2, 0) is 4.79 Å². The summed E-state index contributed by atoms with van der Waals surface area (Å²) in [5.41, 5.74) is 4.32. The molecule has 1 unspecified atom stereocenters. The summed E-state index contributed by atoms with van der Waals surface area (Å²) in [6, 6.07) is 11.9. The first-order valence-corrected chi connectivity index (χ1v) is 7.36. The third-order valence-corrected chi connectivity index (χ3v) is 3.56. The number of aliphatic hydroxyl groups excluding tert-OH is 1. The molecule has 2 rings (SSSR count). The Kier molecular flexibility index (Phi) is 5.17. The standard InChI is InChI=1S/C18H22N2O2/c1-13(12-21)19-18(22)10-9-16-11-14(2)20(15(16)3)17-7-5-4-6-8-17/h4-11,13,21H,12H2,1-3H3,(H,19,22)/b10-9+. The Hall–Kier alpha value is -2.33. The predicted octanol–water partition coefficient (Wildman–Crippen LogP) is 2.60. The minimum absolute atomic E-state index is 0.0674. The monoisotopic (exact) mass is 298 g/mol. The van der Waals surface area contributed by atoms with Crippen molar-refractivity contribution < 1.29 is 9.90 Å². The molecule has 0 saturated heterocycles. The molecule has 22 heavy (non-hydrogen) atoms. The van der Waals surface area contributed by atoms with Gasteiger partial charge in [-0.2, -0.15) is 0 Å². The highest BCUT2D eigenvalue weighted by atomic mass is 16.3. The van der Waals surface area contributed by atoms with Gasteiger partial charge in [0.15, 0.2) is 0 Å². The molecule has 1 amide bonds. The highest BCUT2D eigenvalue weighted by molar-refractivity contribution is 5.92. The molecule has 116 valence electrons. The van der Waals surface area contributed by atoms with Crippen LogP contribution in [0.15, 0.2) is 42.5 Å². The number of benzene rings is 1. The van der Waals surface area contributed by atoms with Gasteiger partial charge < -0.3 is 15.0 Å². The minimum atomic E-state index is -0.242. The molecule has 1 heterocycles. The summed E-state index contributed by atoms with van der Waals surface area (Å²) in [7, 11) is 0. The second-order valence-corrected chi connectivity index (χ2v) is 5.42. The van der Waals surface area contributed by atoms with Gasteiger partial charge in [0.2, 0.25) is 5.91 Å². The number of carbonyl (C=O) groups excluding carboxylic acids is 1. The molecule has 0 aliphatic carbocycles. The summed E-state index contributed by atoms with van der Waals surface area (Å²) < 4.78 is 2.16. The zero-order valence-electron chi connectivity index (χ0n) is 13.2. The lowest BCUT2D eigenvalue weighted by molar-refractivity contribution is -0.117. The van der Waals surface area contributed by atoms with Crippen LogP contribution in [-0.4, -0.2) is 28.2 Å². The van der Waals surface area contributed by atoms with Crippen molar-refractivity contribution in [2.24, 2.45) is 0 Å². The molecule has 0 aliphatic rings. The van der Waals surface area contributed by atoms with Gasteiger partial charge >= 0.3 is 0 Å². The van der Waals surface area contributed by atoms with Crippen molar-refractivity contribution >= 4 is 12.0 Å². The molecule has 0 radical (unpaired) electrons. The first-order chi connectivity index (χ1) is 10.5. The van der Waals surface area contributed by atoms with Gasteiger partial charge in [-0.05, 0) is 50.6 Å². The maximum atomic E-state index is 11.7. The van der Waals surface area contributed by atoms with Gasteiger partial charge in [-0.1, -0.05) is 18.2 Å². The number of rotatable bonds is 5. The molecular weight excluding hydrogens is 276 g/mol. The predicted molar refractivity (Wildman–Crippen MR) is 89.0 cm³/mol. The highest BCUT2D eigenvalue weighted by Gasteiger charge is 2.09. The third-order valence-electron chi connectivity index (χ3n) is 3.56. The number of hydrogen-bond acceptors (Lipinski definition) is 2. The molecule has 2 aromatic rings.